The molecule has 8 heteroatoms. The predicted octanol–water partition coefficient (Wildman–Crippen LogP) is 4.18. The van der Waals surface area contributed by atoms with E-state index in [0.29, 0.717) is 17.0 Å². The van der Waals surface area contributed by atoms with Gasteiger partial charge in [0.25, 0.3) is 11.8 Å². The normalized spacial score (nSPS) is 15.9. The van der Waals surface area contributed by atoms with Gasteiger partial charge in [0.1, 0.15) is 28.2 Å². The lowest BCUT2D eigenvalue weighted by atomic mass is 9.95. The van der Waals surface area contributed by atoms with Gasteiger partial charge in [-0.2, -0.15) is 5.26 Å². The number of likely N-dealkylation sites (N-methyl/N-ethyl adjacent to an activating group) is 1. The molecular formula is C22H17N3O4S. The molecule has 0 spiro atoms. The molecule has 0 fully saturated rings. The molecule has 1 aliphatic heterocycles. The second-order valence-electron chi connectivity index (χ2n) is 6.59. The average Bonchev–Trinajstić information content (AvgIpc) is 3.31. The van der Waals surface area contributed by atoms with Crippen LogP contribution in [0.25, 0.3) is 27.1 Å². The SMILES string of the molecule is CCN1C(=O)C(C#N)=C(C)/C(=C/c2cc3sc(-c4ccc(OC)cc4)nc3o2)C1=O. The third-order valence-corrected chi connectivity index (χ3v) is 5.91. The van der Waals surface area contributed by atoms with Gasteiger partial charge in [0.2, 0.25) is 5.71 Å². The summed E-state index contributed by atoms with van der Waals surface area (Å²) in [6.45, 7) is 3.47. The molecule has 0 N–H and O–H groups in total. The molecule has 0 atom stereocenters. The Kier molecular flexibility index (Phi) is 4.98. The highest BCUT2D eigenvalue weighted by Crippen LogP contribution is 2.34. The molecule has 0 radical (unpaired) electrons. The van der Waals surface area contributed by atoms with Crippen LogP contribution in [0.3, 0.4) is 0 Å². The minimum atomic E-state index is -0.564. The number of carbonyl (C=O) groups excluding carboxylic acids is 2. The van der Waals surface area contributed by atoms with Crippen LogP contribution in [0.2, 0.25) is 0 Å². The minimum absolute atomic E-state index is 0.0315. The molecule has 1 aliphatic rings. The smallest absolute Gasteiger partial charge is 0.271 e. The summed E-state index contributed by atoms with van der Waals surface area (Å²) in [6, 6.07) is 11.3. The van der Waals surface area contributed by atoms with Gasteiger partial charge in [-0.1, -0.05) is 0 Å². The molecule has 150 valence electrons. The first-order valence-electron chi connectivity index (χ1n) is 9.20. The van der Waals surface area contributed by atoms with Crippen molar-refractivity contribution in [2.45, 2.75) is 13.8 Å². The van der Waals surface area contributed by atoms with Crippen LogP contribution in [0.1, 0.15) is 19.6 Å². The zero-order valence-electron chi connectivity index (χ0n) is 16.6. The molecule has 3 heterocycles. The second kappa shape index (κ2) is 7.61. The van der Waals surface area contributed by atoms with Crippen molar-refractivity contribution in [1.29, 1.82) is 5.26 Å². The molecule has 1 aromatic carbocycles. The number of ether oxygens (including phenoxy) is 1. The van der Waals surface area contributed by atoms with Crippen molar-refractivity contribution in [2.75, 3.05) is 13.7 Å². The number of amides is 2. The second-order valence-corrected chi connectivity index (χ2v) is 7.62. The summed E-state index contributed by atoms with van der Waals surface area (Å²) in [5.41, 5.74) is 2.00. The van der Waals surface area contributed by atoms with E-state index in [0.717, 1.165) is 25.9 Å². The van der Waals surface area contributed by atoms with E-state index in [1.165, 1.54) is 11.3 Å². The molecule has 0 unspecified atom stereocenters. The van der Waals surface area contributed by atoms with Gasteiger partial charge in [-0.3, -0.25) is 14.5 Å². The van der Waals surface area contributed by atoms with Crippen LogP contribution in [0, 0.1) is 11.3 Å². The number of carbonyl (C=O) groups is 2. The van der Waals surface area contributed by atoms with Crippen molar-refractivity contribution >= 4 is 39.6 Å². The zero-order valence-corrected chi connectivity index (χ0v) is 17.4. The Hall–Kier alpha value is -3.70. The highest BCUT2D eigenvalue weighted by atomic mass is 32.1. The Balaban J connectivity index is 1.71. The minimum Gasteiger partial charge on any atom is -0.497 e. The first-order valence-corrected chi connectivity index (χ1v) is 10.0. The third-order valence-electron chi connectivity index (χ3n) is 4.87. The molecule has 2 amide bonds. The fourth-order valence-corrected chi connectivity index (χ4v) is 4.18. The van der Waals surface area contributed by atoms with Crippen molar-refractivity contribution in [3.05, 3.63) is 52.8 Å². The van der Waals surface area contributed by atoms with Crippen LogP contribution in [0.4, 0.5) is 0 Å². The van der Waals surface area contributed by atoms with Gasteiger partial charge in [-0.05, 0) is 49.8 Å². The summed E-state index contributed by atoms with van der Waals surface area (Å²) in [4.78, 5) is 30.6. The summed E-state index contributed by atoms with van der Waals surface area (Å²) in [5.74, 6) is 0.205. The number of furan rings is 1. The van der Waals surface area contributed by atoms with Gasteiger partial charge < -0.3 is 9.15 Å². The molecule has 30 heavy (non-hydrogen) atoms. The average molecular weight is 419 g/mol. The van der Waals surface area contributed by atoms with Gasteiger partial charge in [-0.15, -0.1) is 11.3 Å². The molecule has 0 saturated carbocycles. The molecule has 0 bridgehead atoms. The van der Waals surface area contributed by atoms with Gasteiger partial charge in [0.15, 0.2) is 0 Å². The number of methoxy groups -OCH3 is 1. The van der Waals surface area contributed by atoms with E-state index in [1.54, 1.807) is 33.1 Å². The highest BCUT2D eigenvalue weighted by Gasteiger charge is 2.34. The lowest BCUT2D eigenvalue weighted by Gasteiger charge is -2.25. The maximum Gasteiger partial charge on any atom is 0.271 e. The van der Waals surface area contributed by atoms with Gasteiger partial charge in [-0.25, -0.2) is 4.98 Å². The van der Waals surface area contributed by atoms with Gasteiger partial charge in [0.05, 0.1) is 11.8 Å². The van der Waals surface area contributed by atoms with Crippen molar-refractivity contribution in [3.63, 3.8) is 0 Å². The number of nitrogens with zero attached hydrogens (tertiary/aromatic N) is 3. The third kappa shape index (κ3) is 3.19. The Morgan fingerprint density at radius 3 is 2.60 bits per heavy atom. The first kappa shape index (κ1) is 19.6. The Morgan fingerprint density at radius 2 is 2.00 bits per heavy atom. The lowest BCUT2D eigenvalue weighted by Crippen LogP contribution is -2.42. The summed E-state index contributed by atoms with van der Waals surface area (Å²) in [7, 11) is 1.62. The van der Waals surface area contributed by atoms with E-state index >= 15 is 0 Å². The highest BCUT2D eigenvalue weighted by molar-refractivity contribution is 7.21. The van der Waals surface area contributed by atoms with E-state index in [9.17, 15) is 14.9 Å². The maximum absolute atomic E-state index is 12.7. The number of aromatic nitrogens is 1. The first-order chi connectivity index (χ1) is 14.5. The van der Waals surface area contributed by atoms with Crippen molar-refractivity contribution in [3.8, 4) is 22.4 Å². The monoisotopic (exact) mass is 419 g/mol. The number of benzene rings is 1. The number of fused-ring (bicyclic) bond motifs is 1. The van der Waals surface area contributed by atoms with E-state index in [1.807, 2.05) is 30.3 Å². The van der Waals surface area contributed by atoms with E-state index in [2.05, 4.69) is 4.98 Å². The van der Waals surface area contributed by atoms with Crippen LogP contribution >= 0.6 is 11.3 Å². The number of rotatable bonds is 4. The van der Waals surface area contributed by atoms with E-state index in [-0.39, 0.29) is 17.7 Å². The molecule has 7 nitrogen and oxygen atoms in total. The zero-order chi connectivity index (χ0) is 21.4. The largest absolute Gasteiger partial charge is 0.497 e. The molecule has 0 aliphatic carbocycles. The summed E-state index contributed by atoms with van der Waals surface area (Å²) >= 11 is 1.47. The Bertz CT molecular complexity index is 1240. The van der Waals surface area contributed by atoms with E-state index in [4.69, 9.17) is 9.15 Å². The molecule has 0 saturated heterocycles. The van der Waals surface area contributed by atoms with Crippen molar-refractivity contribution < 1.29 is 18.7 Å². The van der Waals surface area contributed by atoms with Crippen LogP contribution in [0.5, 0.6) is 5.75 Å². The van der Waals surface area contributed by atoms with Gasteiger partial charge >= 0.3 is 0 Å². The van der Waals surface area contributed by atoms with E-state index < -0.39 is 11.8 Å². The number of hydrogen-bond donors (Lipinski definition) is 0. The summed E-state index contributed by atoms with van der Waals surface area (Å²) in [5, 5.41) is 10.1. The topological polar surface area (TPSA) is 96.4 Å². The van der Waals surface area contributed by atoms with Crippen LogP contribution in [-0.4, -0.2) is 35.4 Å². The fraction of sp³-hybridized carbons (Fsp3) is 0.182. The quantitative estimate of drug-likeness (QED) is 0.465. The maximum atomic E-state index is 12.7. The van der Waals surface area contributed by atoms with Crippen LogP contribution in [0.15, 0.2) is 51.5 Å². The lowest BCUT2D eigenvalue weighted by molar-refractivity contribution is -0.140. The predicted molar refractivity (Wildman–Crippen MR) is 113 cm³/mol. The summed E-state index contributed by atoms with van der Waals surface area (Å²) < 4.78 is 11.8. The number of hydrogen-bond acceptors (Lipinski definition) is 7. The summed E-state index contributed by atoms with van der Waals surface area (Å²) in [6.07, 6.45) is 1.56. The van der Waals surface area contributed by atoms with Crippen LogP contribution < -0.4 is 4.74 Å². The van der Waals surface area contributed by atoms with Crippen LogP contribution in [-0.2, 0) is 9.59 Å². The molecule has 2 aromatic heterocycles. The molecule has 4 rings (SSSR count). The number of imide groups is 1. The van der Waals surface area contributed by atoms with Crippen molar-refractivity contribution in [2.24, 2.45) is 0 Å². The number of nitriles is 1. The Morgan fingerprint density at radius 1 is 1.27 bits per heavy atom. The van der Waals surface area contributed by atoms with Gasteiger partial charge in [0, 0.05) is 23.7 Å². The molecule has 3 aromatic rings. The standard InChI is InChI=1S/C22H17N3O4S/c1-4-25-21(26)16(12(2)17(11-23)22(25)27)9-15-10-18-19(29-15)24-20(30-18)13-5-7-14(28-3)8-6-13/h5-10H,4H2,1-3H3/b16-9-. The Labute approximate surface area is 176 Å². The van der Waals surface area contributed by atoms with Crippen molar-refractivity contribution in [1.82, 2.24) is 9.88 Å². The fourth-order valence-electron chi connectivity index (χ4n) is 3.24. The number of thiazole rings is 1. The molecular weight excluding hydrogens is 402 g/mol.